The van der Waals surface area contributed by atoms with E-state index in [1.165, 1.54) is 7.05 Å². The van der Waals surface area contributed by atoms with Crippen LogP contribution in [-0.4, -0.2) is 18.0 Å². The van der Waals surface area contributed by atoms with Gasteiger partial charge in [0, 0.05) is 25.2 Å². The third kappa shape index (κ3) is 5.78. The molecule has 0 amide bonds. The summed E-state index contributed by atoms with van der Waals surface area (Å²) in [5.41, 5.74) is -0.287. The van der Waals surface area contributed by atoms with E-state index in [0.717, 1.165) is 28.6 Å². The van der Waals surface area contributed by atoms with Crippen LogP contribution in [0.1, 0.15) is 16.8 Å². The summed E-state index contributed by atoms with van der Waals surface area (Å²) in [6.07, 6.45) is -2.94. The fraction of sp³-hybridized carbons (Fsp3) is 0.200. The van der Waals surface area contributed by atoms with Crippen LogP contribution in [0, 0.1) is 5.82 Å². The Balaban J connectivity index is 0.00000300. The molecule has 154 valence electrons. The Bertz CT molecular complexity index is 1000. The average molecular weight is 518 g/mol. The fourth-order valence-electron chi connectivity index (χ4n) is 2.86. The molecule has 2 aromatic carbocycles. The number of guanidine groups is 1. The molecule has 29 heavy (non-hydrogen) atoms. The Morgan fingerprint density at radius 2 is 1.76 bits per heavy atom. The lowest BCUT2D eigenvalue weighted by Gasteiger charge is -2.16. The molecule has 9 heteroatoms. The molecule has 2 N–H and O–H groups in total. The number of hydrogen-bond donors (Lipinski definition) is 2. The van der Waals surface area contributed by atoms with Gasteiger partial charge < -0.3 is 10.6 Å². The Kier molecular flexibility index (Phi) is 7.77. The SMILES string of the molecule is CN=C(NCc1ccc(F)cc1C(F)(F)F)NCc1nccc2ccccc12.I. The summed E-state index contributed by atoms with van der Waals surface area (Å²) in [5.74, 6) is -0.618. The van der Waals surface area contributed by atoms with E-state index in [-0.39, 0.29) is 36.1 Å². The maximum atomic E-state index is 13.2. The molecule has 0 atom stereocenters. The molecule has 1 aromatic heterocycles. The Hall–Kier alpha value is -2.43. The first-order valence-electron chi connectivity index (χ1n) is 8.51. The van der Waals surface area contributed by atoms with Crippen LogP contribution in [0.3, 0.4) is 0 Å². The second-order valence-corrected chi connectivity index (χ2v) is 6.06. The minimum absolute atomic E-state index is 0. The van der Waals surface area contributed by atoms with Crippen LogP contribution < -0.4 is 10.6 Å². The van der Waals surface area contributed by atoms with Crippen molar-refractivity contribution in [1.29, 1.82) is 0 Å². The molecule has 0 aliphatic rings. The molecule has 0 saturated heterocycles. The Morgan fingerprint density at radius 3 is 2.48 bits per heavy atom. The number of aliphatic imine (C=N–C) groups is 1. The molecule has 4 nitrogen and oxygen atoms in total. The van der Waals surface area contributed by atoms with Crippen molar-refractivity contribution in [2.24, 2.45) is 4.99 Å². The highest BCUT2D eigenvalue weighted by Crippen LogP contribution is 2.32. The monoisotopic (exact) mass is 518 g/mol. The molecule has 0 fully saturated rings. The number of halogens is 5. The van der Waals surface area contributed by atoms with Crippen molar-refractivity contribution in [2.45, 2.75) is 19.3 Å². The van der Waals surface area contributed by atoms with Crippen molar-refractivity contribution in [3.63, 3.8) is 0 Å². The van der Waals surface area contributed by atoms with E-state index >= 15 is 0 Å². The minimum Gasteiger partial charge on any atom is -0.352 e. The lowest BCUT2D eigenvalue weighted by Crippen LogP contribution is -2.37. The van der Waals surface area contributed by atoms with Gasteiger partial charge in [-0.15, -0.1) is 24.0 Å². The smallest absolute Gasteiger partial charge is 0.352 e. The minimum atomic E-state index is -4.64. The quantitative estimate of drug-likeness (QED) is 0.224. The summed E-state index contributed by atoms with van der Waals surface area (Å²) in [4.78, 5) is 8.37. The largest absolute Gasteiger partial charge is 0.416 e. The van der Waals surface area contributed by atoms with Gasteiger partial charge in [0.05, 0.1) is 17.8 Å². The summed E-state index contributed by atoms with van der Waals surface area (Å²) in [7, 11) is 1.52. The Labute approximate surface area is 182 Å². The maximum Gasteiger partial charge on any atom is 0.416 e. The standard InChI is InChI=1S/C20H18F4N4.HI/c1-25-19(27-11-14-6-7-15(21)10-17(14)20(22,23)24)28-12-18-16-5-3-2-4-13(16)8-9-26-18;/h2-10H,11-12H2,1H3,(H2,25,27,28);1H. The molecular weight excluding hydrogens is 499 g/mol. The number of aromatic nitrogens is 1. The van der Waals surface area contributed by atoms with Gasteiger partial charge in [0.1, 0.15) is 5.82 Å². The fourth-order valence-corrected chi connectivity index (χ4v) is 2.86. The number of rotatable bonds is 4. The zero-order valence-corrected chi connectivity index (χ0v) is 17.8. The van der Waals surface area contributed by atoms with Gasteiger partial charge >= 0.3 is 6.18 Å². The van der Waals surface area contributed by atoms with Gasteiger partial charge in [0.15, 0.2) is 5.96 Å². The lowest BCUT2D eigenvalue weighted by atomic mass is 10.1. The third-order valence-corrected chi connectivity index (χ3v) is 4.23. The summed E-state index contributed by atoms with van der Waals surface area (Å²) >= 11 is 0. The van der Waals surface area contributed by atoms with Crippen molar-refractivity contribution in [3.8, 4) is 0 Å². The number of alkyl halides is 3. The predicted molar refractivity (Wildman–Crippen MR) is 116 cm³/mol. The van der Waals surface area contributed by atoms with Crippen LogP contribution in [0.4, 0.5) is 17.6 Å². The van der Waals surface area contributed by atoms with Crippen molar-refractivity contribution >= 4 is 40.7 Å². The molecule has 0 unspecified atom stereocenters. The summed E-state index contributed by atoms with van der Waals surface area (Å²) < 4.78 is 52.5. The van der Waals surface area contributed by atoms with Gasteiger partial charge in [-0.05, 0) is 29.1 Å². The number of hydrogen-bond acceptors (Lipinski definition) is 2. The van der Waals surface area contributed by atoms with Crippen molar-refractivity contribution in [3.05, 3.63) is 77.4 Å². The Morgan fingerprint density at radius 1 is 1.03 bits per heavy atom. The first-order chi connectivity index (χ1) is 13.4. The van der Waals surface area contributed by atoms with Crippen molar-refractivity contribution in [2.75, 3.05) is 7.05 Å². The molecule has 0 bridgehead atoms. The molecule has 3 rings (SSSR count). The molecule has 0 saturated carbocycles. The number of nitrogens with one attached hydrogen (secondary N) is 2. The van der Waals surface area contributed by atoms with E-state index in [1.54, 1.807) is 6.20 Å². The molecular formula is C20H19F4IN4. The van der Waals surface area contributed by atoms with E-state index in [2.05, 4.69) is 20.6 Å². The predicted octanol–water partition coefficient (Wildman–Crippen LogP) is 4.88. The van der Waals surface area contributed by atoms with E-state index < -0.39 is 17.6 Å². The van der Waals surface area contributed by atoms with Gasteiger partial charge in [-0.25, -0.2) is 4.39 Å². The summed E-state index contributed by atoms with van der Waals surface area (Å²) in [5, 5.41) is 7.88. The van der Waals surface area contributed by atoms with E-state index in [1.807, 2.05) is 30.3 Å². The van der Waals surface area contributed by atoms with E-state index in [0.29, 0.717) is 18.6 Å². The van der Waals surface area contributed by atoms with Crippen LogP contribution in [0.5, 0.6) is 0 Å². The highest BCUT2D eigenvalue weighted by atomic mass is 127. The molecule has 3 aromatic rings. The highest BCUT2D eigenvalue weighted by molar-refractivity contribution is 14.0. The van der Waals surface area contributed by atoms with Gasteiger partial charge in [-0.3, -0.25) is 9.98 Å². The topological polar surface area (TPSA) is 49.3 Å². The second kappa shape index (κ2) is 9.86. The molecule has 0 aliphatic carbocycles. The maximum absolute atomic E-state index is 13.2. The third-order valence-electron chi connectivity index (χ3n) is 4.23. The van der Waals surface area contributed by atoms with Crippen molar-refractivity contribution in [1.82, 2.24) is 15.6 Å². The number of fused-ring (bicyclic) bond motifs is 1. The normalized spacial score (nSPS) is 11.8. The summed E-state index contributed by atoms with van der Waals surface area (Å²) in [6, 6.07) is 12.3. The highest BCUT2D eigenvalue weighted by Gasteiger charge is 2.33. The van der Waals surface area contributed by atoms with E-state index in [9.17, 15) is 17.6 Å². The van der Waals surface area contributed by atoms with Gasteiger partial charge in [0.25, 0.3) is 0 Å². The number of pyridine rings is 1. The van der Waals surface area contributed by atoms with Crippen LogP contribution in [0.15, 0.2) is 59.7 Å². The van der Waals surface area contributed by atoms with Gasteiger partial charge in [-0.1, -0.05) is 30.3 Å². The van der Waals surface area contributed by atoms with Crippen LogP contribution in [0.25, 0.3) is 10.8 Å². The summed E-state index contributed by atoms with van der Waals surface area (Å²) in [6.45, 7) is 0.189. The van der Waals surface area contributed by atoms with Crippen LogP contribution >= 0.6 is 24.0 Å². The number of nitrogens with zero attached hydrogens (tertiary/aromatic N) is 2. The molecule has 0 aliphatic heterocycles. The van der Waals surface area contributed by atoms with Crippen LogP contribution in [0.2, 0.25) is 0 Å². The first kappa shape index (κ1) is 22.9. The molecule has 0 radical (unpaired) electrons. The number of benzene rings is 2. The second-order valence-electron chi connectivity index (χ2n) is 6.06. The molecule has 0 spiro atoms. The zero-order chi connectivity index (χ0) is 20.1. The van der Waals surface area contributed by atoms with Gasteiger partial charge in [-0.2, -0.15) is 13.2 Å². The zero-order valence-electron chi connectivity index (χ0n) is 15.4. The average Bonchev–Trinajstić information content (AvgIpc) is 2.68. The first-order valence-corrected chi connectivity index (χ1v) is 8.51. The van der Waals surface area contributed by atoms with E-state index in [4.69, 9.17) is 0 Å². The van der Waals surface area contributed by atoms with Crippen LogP contribution in [-0.2, 0) is 19.3 Å². The lowest BCUT2D eigenvalue weighted by molar-refractivity contribution is -0.138. The van der Waals surface area contributed by atoms with Gasteiger partial charge in [0.2, 0.25) is 0 Å². The molecule has 1 heterocycles. The van der Waals surface area contributed by atoms with Crippen molar-refractivity contribution < 1.29 is 17.6 Å².